The van der Waals surface area contributed by atoms with Gasteiger partial charge in [-0.2, -0.15) is 0 Å². The molecular weight excluding hydrogens is 432 g/mol. The normalized spacial score (nSPS) is 20.0. The van der Waals surface area contributed by atoms with E-state index >= 15 is 0 Å². The lowest BCUT2D eigenvalue weighted by atomic mass is 10.0. The minimum Gasteiger partial charge on any atom is -0.439 e. The molecule has 3 aromatic rings. The van der Waals surface area contributed by atoms with E-state index in [1.807, 2.05) is 0 Å². The van der Waals surface area contributed by atoms with E-state index in [-0.39, 0.29) is 11.9 Å². The monoisotopic (exact) mass is 450 g/mol. The standard InChI is InChI=1S/C23H19ClN4O4/c24-17-5-7-18(8-6-17)28-15-23(32-22(28)30)9-12-27(14-23)20(29)16-3-1-4-19(13-16)31-21-25-10-2-11-26-21/h1-8,10-11,13H,9,12,14-15H2. The molecule has 162 valence electrons. The van der Waals surface area contributed by atoms with Crippen molar-refractivity contribution in [3.8, 4) is 11.8 Å². The number of hydrogen-bond acceptors (Lipinski definition) is 6. The largest absolute Gasteiger partial charge is 0.439 e. The highest BCUT2D eigenvalue weighted by Crippen LogP contribution is 2.36. The van der Waals surface area contributed by atoms with E-state index in [1.165, 1.54) is 0 Å². The van der Waals surface area contributed by atoms with Crippen LogP contribution in [0.15, 0.2) is 67.0 Å². The summed E-state index contributed by atoms with van der Waals surface area (Å²) in [6.45, 7) is 1.20. The molecule has 2 fully saturated rings. The molecule has 1 spiro atoms. The Kier molecular flexibility index (Phi) is 5.14. The summed E-state index contributed by atoms with van der Waals surface area (Å²) in [5, 5.41) is 0.596. The molecule has 0 saturated carbocycles. The van der Waals surface area contributed by atoms with E-state index in [0.717, 1.165) is 0 Å². The Morgan fingerprint density at radius 1 is 1.06 bits per heavy atom. The third-order valence-corrected chi connectivity index (χ3v) is 5.80. The van der Waals surface area contributed by atoms with Crippen molar-refractivity contribution in [1.29, 1.82) is 0 Å². The van der Waals surface area contributed by atoms with Crippen molar-refractivity contribution >= 4 is 29.3 Å². The minimum absolute atomic E-state index is 0.151. The van der Waals surface area contributed by atoms with E-state index in [1.54, 1.807) is 76.8 Å². The second-order valence-electron chi connectivity index (χ2n) is 7.75. The number of anilines is 1. The molecule has 0 aliphatic carbocycles. The third kappa shape index (κ3) is 3.97. The molecule has 0 radical (unpaired) electrons. The molecular formula is C23H19ClN4O4. The number of amides is 2. The zero-order chi connectivity index (χ0) is 22.1. The molecule has 2 aromatic carbocycles. The topological polar surface area (TPSA) is 84.9 Å². The Hall–Kier alpha value is -3.65. The maximum atomic E-state index is 13.1. The van der Waals surface area contributed by atoms with Crippen LogP contribution in [0, 0.1) is 0 Å². The van der Waals surface area contributed by atoms with Gasteiger partial charge in [-0.3, -0.25) is 9.69 Å². The number of hydrogen-bond donors (Lipinski definition) is 0. The van der Waals surface area contributed by atoms with Crippen molar-refractivity contribution in [2.75, 3.05) is 24.5 Å². The van der Waals surface area contributed by atoms with Crippen LogP contribution in [-0.4, -0.2) is 52.1 Å². The van der Waals surface area contributed by atoms with Crippen molar-refractivity contribution < 1.29 is 19.1 Å². The Balaban J connectivity index is 1.28. The molecule has 0 bridgehead atoms. The van der Waals surface area contributed by atoms with Crippen molar-refractivity contribution in [2.24, 2.45) is 0 Å². The Morgan fingerprint density at radius 3 is 2.62 bits per heavy atom. The van der Waals surface area contributed by atoms with Crippen molar-refractivity contribution in [2.45, 2.75) is 12.0 Å². The number of likely N-dealkylation sites (tertiary alicyclic amines) is 1. The predicted octanol–water partition coefficient (Wildman–Crippen LogP) is 4.16. The summed E-state index contributed by atoms with van der Waals surface area (Å²) in [6, 6.07) is 15.8. The number of carbonyl (C=O) groups excluding carboxylic acids is 2. The van der Waals surface area contributed by atoms with E-state index in [9.17, 15) is 9.59 Å². The average Bonchev–Trinajstić information content (AvgIpc) is 3.37. The molecule has 9 heteroatoms. The highest BCUT2D eigenvalue weighted by Gasteiger charge is 2.51. The lowest BCUT2D eigenvalue weighted by molar-refractivity contribution is 0.0553. The van der Waals surface area contributed by atoms with Gasteiger partial charge in [0, 0.05) is 41.6 Å². The Morgan fingerprint density at radius 2 is 1.84 bits per heavy atom. The summed E-state index contributed by atoms with van der Waals surface area (Å²) < 4.78 is 11.4. The van der Waals surface area contributed by atoms with Gasteiger partial charge in [0.1, 0.15) is 5.75 Å². The van der Waals surface area contributed by atoms with Crippen LogP contribution in [-0.2, 0) is 4.74 Å². The molecule has 2 aliphatic heterocycles. The van der Waals surface area contributed by atoms with Gasteiger partial charge in [-0.15, -0.1) is 0 Å². The minimum atomic E-state index is -0.724. The summed E-state index contributed by atoms with van der Waals surface area (Å²) in [5.41, 5.74) is 0.474. The fourth-order valence-corrected chi connectivity index (χ4v) is 4.12. The first-order valence-corrected chi connectivity index (χ1v) is 10.5. The van der Waals surface area contributed by atoms with Crippen LogP contribution in [0.2, 0.25) is 5.02 Å². The molecule has 5 rings (SSSR count). The maximum Gasteiger partial charge on any atom is 0.415 e. The average molecular weight is 451 g/mol. The molecule has 2 amide bonds. The van der Waals surface area contributed by atoms with E-state index in [2.05, 4.69) is 9.97 Å². The summed E-state index contributed by atoms with van der Waals surface area (Å²) in [7, 11) is 0. The molecule has 3 heterocycles. The van der Waals surface area contributed by atoms with Crippen molar-refractivity contribution in [1.82, 2.24) is 14.9 Å². The van der Waals surface area contributed by atoms with Gasteiger partial charge in [0.15, 0.2) is 5.60 Å². The molecule has 32 heavy (non-hydrogen) atoms. The zero-order valence-corrected chi connectivity index (χ0v) is 17.7. The molecule has 1 unspecified atom stereocenters. The van der Waals surface area contributed by atoms with Gasteiger partial charge in [-0.1, -0.05) is 17.7 Å². The van der Waals surface area contributed by atoms with Crippen LogP contribution in [0.5, 0.6) is 11.8 Å². The van der Waals surface area contributed by atoms with Gasteiger partial charge in [-0.25, -0.2) is 14.8 Å². The van der Waals surface area contributed by atoms with Crippen LogP contribution in [0.4, 0.5) is 10.5 Å². The smallest absolute Gasteiger partial charge is 0.415 e. The maximum absolute atomic E-state index is 13.1. The van der Waals surface area contributed by atoms with Crippen molar-refractivity contribution in [3.05, 3.63) is 77.6 Å². The first-order chi connectivity index (χ1) is 15.5. The van der Waals surface area contributed by atoms with Crippen LogP contribution in [0.3, 0.4) is 0 Å². The van der Waals surface area contributed by atoms with Gasteiger partial charge in [0.25, 0.3) is 5.91 Å². The zero-order valence-electron chi connectivity index (χ0n) is 17.0. The number of aromatic nitrogens is 2. The molecule has 8 nitrogen and oxygen atoms in total. The van der Waals surface area contributed by atoms with E-state index < -0.39 is 11.7 Å². The molecule has 0 N–H and O–H groups in total. The third-order valence-electron chi connectivity index (χ3n) is 5.54. The van der Waals surface area contributed by atoms with E-state index in [4.69, 9.17) is 21.1 Å². The van der Waals surface area contributed by atoms with Crippen molar-refractivity contribution in [3.63, 3.8) is 0 Å². The molecule has 1 aromatic heterocycles. The fourth-order valence-electron chi connectivity index (χ4n) is 3.99. The SMILES string of the molecule is O=C(c1cccc(Oc2ncccn2)c1)N1CCC2(C1)CN(c1ccc(Cl)cc1)C(=O)O2. The van der Waals surface area contributed by atoms with Gasteiger partial charge >= 0.3 is 12.1 Å². The summed E-state index contributed by atoms with van der Waals surface area (Å²) >= 11 is 5.95. The molecule has 2 aliphatic rings. The number of rotatable bonds is 4. The second kappa shape index (κ2) is 8.12. The number of benzene rings is 2. The number of carbonyl (C=O) groups is 2. The van der Waals surface area contributed by atoms with Gasteiger partial charge < -0.3 is 14.4 Å². The Bertz CT molecular complexity index is 1160. The van der Waals surface area contributed by atoms with Crippen LogP contribution < -0.4 is 9.64 Å². The first kappa shape index (κ1) is 20.3. The predicted molar refractivity (Wildman–Crippen MR) is 117 cm³/mol. The quantitative estimate of drug-likeness (QED) is 0.593. The molecule has 2 saturated heterocycles. The first-order valence-electron chi connectivity index (χ1n) is 10.1. The number of halogens is 1. The summed E-state index contributed by atoms with van der Waals surface area (Å²) in [5.74, 6) is 0.319. The molecule has 1 atom stereocenters. The highest BCUT2D eigenvalue weighted by atomic mass is 35.5. The van der Waals surface area contributed by atoms with Crippen LogP contribution >= 0.6 is 11.6 Å². The second-order valence-corrected chi connectivity index (χ2v) is 8.19. The number of nitrogens with zero attached hydrogens (tertiary/aromatic N) is 4. The Labute approximate surface area is 189 Å². The van der Waals surface area contributed by atoms with Crippen LogP contribution in [0.1, 0.15) is 16.8 Å². The highest BCUT2D eigenvalue weighted by molar-refractivity contribution is 6.30. The van der Waals surface area contributed by atoms with E-state index in [0.29, 0.717) is 48.1 Å². The fraction of sp³-hybridized carbons (Fsp3) is 0.217. The van der Waals surface area contributed by atoms with Gasteiger partial charge in [-0.05, 0) is 48.5 Å². The lowest BCUT2D eigenvalue weighted by Gasteiger charge is -2.22. The lowest BCUT2D eigenvalue weighted by Crippen LogP contribution is -2.39. The van der Waals surface area contributed by atoms with Gasteiger partial charge in [0.2, 0.25) is 0 Å². The number of ether oxygens (including phenoxy) is 2. The van der Waals surface area contributed by atoms with Crippen LogP contribution in [0.25, 0.3) is 0 Å². The summed E-state index contributed by atoms with van der Waals surface area (Å²) in [6.07, 6.45) is 3.32. The summed E-state index contributed by atoms with van der Waals surface area (Å²) in [4.78, 5) is 37.0. The van der Waals surface area contributed by atoms with Gasteiger partial charge in [0.05, 0.1) is 13.1 Å².